The van der Waals surface area contributed by atoms with E-state index >= 15 is 0 Å². The number of aromatic carboxylic acids is 1. The summed E-state index contributed by atoms with van der Waals surface area (Å²) in [4.78, 5) is 14.7. The number of hydrogen-bond acceptors (Lipinski definition) is 3. The van der Waals surface area contributed by atoms with Gasteiger partial charge in [0.15, 0.2) is 5.69 Å². The molecule has 88 valence electrons. The highest BCUT2D eigenvalue weighted by Gasteiger charge is 2.11. The summed E-state index contributed by atoms with van der Waals surface area (Å²) in [5.41, 5.74) is 0.698. The Balaban J connectivity index is 2.63. The van der Waals surface area contributed by atoms with Gasteiger partial charge in [0.05, 0.1) is 12.7 Å². The van der Waals surface area contributed by atoms with Crippen molar-refractivity contribution >= 4 is 5.97 Å². The molecule has 1 aromatic rings. The van der Waals surface area contributed by atoms with Gasteiger partial charge in [-0.3, -0.25) is 0 Å². The summed E-state index contributed by atoms with van der Waals surface area (Å²) in [6.07, 6.45) is 3.65. The molecule has 0 bridgehead atoms. The van der Waals surface area contributed by atoms with Gasteiger partial charge >= 0.3 is 5.97 Å². The minimum Gasteiger partial charge on any atom is -0.477 e. The van der Waals surface area contributed by atoms with Crippen molar-refractivity contribution in [3.63, 3.8) is 0 Å². The summed E-state index contributed by atoms with van der Waals surface area (Å²) < 4.78 is 5.56. The molecule has 0 saturated heterocycles. The van der Waals surface area contributed by atoms with E-state index < -0.39 is 5.97 Å². The number of rotatable bonds is 6. The topological polar surface area (TPSA) is 59.4 Å². The van der Waals surface area contributed by atoms with E-state index in [9.17, 15) is 4.79 Å². The molecule has 1 unspecified atom stereocenters. The van der Waals surface area contributed by atoms with Crippen LogP contribution in [0, 0.1) is 0 Å². The van der Waals surface area contributed by atoms with Crippen molar-refractivity contribution in [1.29, 1.82) is 0 Å². The number of carboxylic acids is 1. The first kappa shape index (κ1) is 12.6. The molecule has 1 N–H and O–H groups in total. The van der Waals surface area contributed by atoms with E-state index in [2.05, 4.69) is 11.9 Å². The fourth-order valence-corrected chi connectivity index (χ4v) is 1.47. The molecule has 0 aliphatic heterocycles. The average molecular weight is 223 g/mol. The van der Waals surface area contributed by atoms with E-state index in [1.54, 1.807) is 12.1 Å². The summed E-state index contributed by atoms with van der Waals surface area (Å²) in [5.74, 6) is -1.01. The van der Waals surface area contributed by atoms with Gasteiger partial charge in [0.1, 0.15) is 0 Å². The Morgan fingerprint density at radius 2 is 2.38 bits per heavy atom. The third kappa shape index (κ3) is 3.62. The molecule has 1 heterocycles. The molecule has 16 heavy (non-hydrogen) atoms. The molecule has 0 aromatic carbocycles. The molecule has 4 heteroatoms. The van der Waals surface area contributed by atoms with Crippen molar-refractivity contribution in [2.24, 2.45) is 0 Å². The van der Waals surface area contributed by atoms with Crippen LogP contribution in [0.5, 0.6) is 0 Å². The quantitative estimate of drug-likeness (QED) is 0.804. The molecule has 1 rings (SSSR count). The zero-order valence-corrected chi connectivity index (χ0v) is 9.64. The Kier molecular flexibility index (Phi) is 4.92. The van der Waals surface area contributed by atoms with Crippen LogP contribution < -0.4 is 0 Å². The summed E-state index contributed by atoms with van der Waals surface area (Å²) >= 11 is 0. The van der Waals surface area contributed by atoms with Crippen LogP contribution in [0.2, 0.25) is 0 Å². The van der Waals surface area contributed by atoms with Crippen LogP contribution in [0.4, 0.5) is 0 Å². The second-order valence-electron chi connectivity index (χ2n) is 3.73. The second-order valence-corrected chi connectivity index (χ2v) is 3.73. The molecular formula is C12H17NO3. The Bertz CT molecular complexity index is 352. The Labute approximate surface area is 95.3 Å². The highest BCUT2D eigenvalue weighted by atomic mass is 16.5. The first-order valence-electron chi connectivity index (χ1n) is 5.44. The minimum absolute atomic E-state index is 0.0752. The molecule has 1 aromatic heterocycles. The Hall–Kier alpha value is -1.42. The summed E-state index contributed by atoms with van der Waals surface area (Å²) in [7, 11) is 0. The number of aromatic nitrogens is 1. The molecule has 0 fully saturated rings. The molecule has 0 radical (unpaired) electrons. The van der Waals surface area contributed by atoms with E-state index in [1.807, 2.05) is 6.92 Å². The standard InChI is InChI=1S/C12H17NO3/c1-3-5-9(2)16-8-10-6-4-7-13-11(10)12(14)15/h4,6-7,9H,3,5,8H2,1-2H3,(H,14,15). The lowest BCUT2D eigenvalue weighted by molar-refractivity contribution is 0.0451. The van der Waals surface area contributed by atoms with Crippen LogP contribution in [-0.2, 0) is 11.3 Å². The van der Waals surface area contributed by atoms with E-state index in [0.29, 0.717) is 12.2 Å². The average Bonchev–Trinajstić information content (AvgIpc) is 2.27. The third-order valence-electron chi connectivity index (χ3n) is 2.31. The number of ether oxygens (including phenoxy) is 1. The van der Waals surface area contributed by atoms with Crippen LogP contribution in [0.25, 0.3) is 0 Å². The SMILES string of the molecule is CCCC(C)OCc1cccnc1C(=O)O. The van der Waals surface area contributed by atoms with Gasteiger partial charge in [-0.15, -0.1) is 0 Å². The molecule has 0 spiro atoms. The van der Waals surface area contributed by atoms with Crippen molar-refractivity contribution in [2.75, 3.05) is 0 Å². The number of carboxylic acid groups (broad SMARTS) is 1. The second kappa shape index (κ2) is 6.23. The zero-order valence-electron chi connectivity index (χ0n) is 9.64. The maximum atomic E-state index is 10.9. The van der Waals surface area contributed by atoms with Crippen molar-refractivity contribution in [2.45, 2.75) is 39.4 Å². The van der Waals surface area contributed by atoms with Crippen molar-refractivity contribution in [3.05, 3.63) is 29.6 Å². The predicted octanol–water partition coefficient (Wildman–Crippen LogP) is 2.49. The van der Waals surface area contributed by atoms with Crippen molar-refractivity contribution in [1.82, 2.24) is 4.98 Å². The first-order valence-corrected chi connectivity index (χ1v) is 5.44. The number of nitrogens with zero attached hydrogens (tertiary/aromatic N) is 1. The molecule has 0 aliphatic rings. The lowest BCUT2D eigenvalue weighted by Crippen LogP contribution is -2.11. The molecule has 0 aliphatic carbocycles. The molecule has 1 atom stereocenters. The van der Waals surface area contributed by atoms with Gasteiger partial charge in [-0.05, 0) is 19.4 Å². The highest BCUT2D eigenvalue weighted by Crippen LogP contribution is 2.10. The predicted molar refractivity (Wildman–Crippen MR) is 60.4 cm³/mol. The molecule has 4 nitrogen and oxygen atoms in total. The smallest absolute Gasteiger partial charge is 0.354 e. The van der Waals surface area contributed by atoms with Crippen LogP contribution in [0.3, 0.4) is 0 Å². The zero-order chi connectivity index (χ0) is 12.0. The monoisotopic (exact) mass is 223 g/mol. The van der Waals surface area contributed by atoms with E-state index in [1.165, 1.54) is 6.20 Å². The van der Waals surface area contributed by atoms with Crippen LogP contribution in [0.1, 0.15) is 42.7 Å². The fourth-order valence-electron chi connectivity index (χ4n) is 1.47. The summed E-state index contributed by atoms with van der Waals surface area (Å²) in [5, 5.41) is 8.92. The van der Waals surface area contributed by atoms with Crippen LogP contribution >= 0.6 is 0 Å². The van der Waals surface area contributed by atoms with Gasteiger partial charge in [0, 0.05) is 11.8 Å². The Morgan fingerprint density at radius 1 is 1.62 bits per heavy atom. The van der Waals surface area contributed by atoms with Gasteiger partial charge in [-0.25, -0.2) is 9.78 Å². The van der Waals surface area contributed by atoms with Gasteiger partial charge < -0.3 is 9.84 Å². The fraction of sp³-hybridized carbons (Fsp3) is 0.500. The summed E-state index contributed by atoms with van der Waals surface area (Å²) in [6, 6.07) is 3.45. The maximum absolute atomic E-state index is 10.9. The van der Waals surface area contributed by atoms with Crippen molar-refractivity contribution < 1.29 is 14.6 Å². The van der Waals surface area contributed by atoms with Crippen molar-refractivity contribution in [3.8, 4) is 0 Å². The van der Waals surface area contributed by atoms with Gasteiger partial charge in [0.2, 0.25) is 0 Å². The van der Waals surface area contributed by atoms with Crippen LogP contribution in [-0.4, -0.2) is 22.2 Å². The third-order valence-corrected chi connectivity index (χ3v) is 2.31. The summed E-state index contributed by atoms with van der Waals surface area (Å²) in [6.45, 7) is 4.38. The lowest BCUT2D eigenvalue weighted by Gasteiger charge is -2.12. The van der Waals surface area contributed by atoms with Gasteiger partial charge in [0.25, 0.3) is 0 Å². The van der Waals surface area contributed by atoms with E-state index in [0.717, 1.165) is 12.8 Å². The largest absolute Gasteiger partial charge is 0.477 e. The molecule has 0 saturated carbocycles. The maximum Gasteiger partial charge on any atom is 0.354 e. The van der Waals surface area contributed by atoms with E-state index in [4.69, 9.17) is 9.84 Å². The van der Waals surface area contributed by atoms with Crippen LogP contribution in [0.15, 0.2) is 18.3 Å². The van der Waals surface area contributed by atoms with Gasteiger partial charge in [-0.1, -0.05) is 19.4 Å². The first-order chi connectivity index (χ1) is 7.65. The van der Waals surface area contributed by atoms with Gasteiger partial charge in [-0.2, -0.15) is 0 Å². The number of hydrogen-bond donors (Lipinski definition) is 1. The normalized spacial score (nSPS) is 12.4. The lowest BCUT2D eigenvalue weighted by atomic mass is 10.2. The molecular weight excluding hydrogens is 206 g/mol. The highest BCUT2D eigenvalue weighted by molar-refractivity contribution is 5.86. The molecule has 0 amide bonds. The van der Waals surface area contributed by atoms with E-state index in [-0.39, 0.29) is 11.8 Å². The number of carbonyl (C=O) groups is 1. The number of pyridine rings is 1. The minimum atomic E-state index is -1.01. The Morgan fingerprint density at radius 3 is 3.00 bits per heavy atom.